The highest BCUT2D eigenvalue weighted by atomic mass is 35.5. The second kappa shape index (κ2) is 18.3. The summed E-state index contributed by atoms with van der Waals surface area (Å²) >= 11 is 6.28. The van der Waals surface area contributed by atoms with Crippen LogP contribution in [0.5, 0.6) is 11.5 Å². The van der Waals surface area contributed by atoms with Crippen molar-refractivity contribution in [2.24, 2.45) is 11.3 Å². The van der Waals surface area contributed by atoms with Crippen LogP contribution in [0.2, 0.25) is 5.02 Å². The van der Waals surface area contributed by atoms with Gasteiger partial charge in [0.15, 0.2) is 0 Å². The van der Waals surface area contributed by atoms with Gasteiger partial charge in [0.05, 0.1) is 21.6 Å². The van der Waals surface area contributed by atoms with E-state index in [1.165, 1.54) is 61.6 Å². The van der Waals surface area contributed by atoms with E-state index in [9.17, 15) is 23.3 Å². The number of nitrogens with zero attached hydrogens (tertiary/aromatic N) is 4. The molecule has 14 nitrogen and oxygen atoms in total. The molecule has 4 heterocycles. The Bertz CT molecular complexity index is 2630. The van der Waals surface area contributed by atoms with Crippen molar-refractivity contribution in [2.75, 3.05) is 62.7 Å². The zero-order valence-corrected chi connectivity index (χ0v) is 36.7. The topological polar surface area (TPSA) is 172 Å². The quantitative estimate of drug-likeness (QED) is 0.0760. The normalized spacial score (nSPS) is 18.5. The zero-order valence-electron chi connectivity index (χ0n) is 35.1. The number of benzene rings is 3. The molecule has 3 N–H and O–H groups in total. The van der Waals surface area contributed by atoms with E-state index in [0.717, 1.165) is 80.6 Å². The minimum atomic E-state index is -4.55. The maximum Gasteiger partial charge on any atom is 0.293 e. The Labute approximate surface area is 372 Å². The fourth-order valence-corrected chi connectivity index (χ4v) is 11.0. The Kier molecular flexibility index (Phi) is 12.4. The van der Waals surface area contributed by atoms with Crippen molar-refractivity contribution in [1.29, 1.82) is 0 Å². The van der Waals surface area contributed by atoms with Crippen LogP contribution in [-0.4, -0.2) is 86.6 Å². The van der Waals surface area contributed by atoms with E-state index in [-0.39, 0.29) is 22.9 Å². The molecule has 330 valence electrons. The standard InChI is InChI=1S/C47H52ClN7O7S/c48-36-5-3-33(4-6-36)40-11-17-47(15-1-2-16-47)28-35(40)31-53-19-21-54(22-20-53)37-7-9-41(44(26-37)62-38-25-34-12-18-49-45(34)51-30-38)46(56)52-63(59,60)39-8-10-42(43(27-39)55(57)58)50-29-32-13-23-61-24-14-32/h3-10,12,18,25-27,30,32,50H,1-2,11,13-17,19-24,28-29,31H2,(H,49,51)(H,52,56). The Hall–Kier alpha value is -5.48. The molecule has 16 heteroatoms. The number of fused-ring (bicyclic) bond motifs is 1. The molecule has 4 aliphatic rings. The van der Waals surface area contributed by atoms with E-state index < -0.39 is 31.4 Å². The van der Waals surface area contributed by atoms with Crippen LogP contribution >= 0.6 is 11.6 Å². The molecule has 1 amide bonds. The summed E-state index contributed by atoms with van der Waals surface area (Å²) in [7, 11) is -4.55. The first-order chi connectivity index (χ1) is 30.5. The average Bonchev–Trinajstić information content (AvgIpc) is 3.96. The fraction of sp³-hybridized carbons (Fsp3) is 0.404. The predicted molar refractivity (Wildman–Crippen MR) is 244 cm³/mol. The number of carbonyl (C=O) groups is 1. The summed E-state index contributed by atoms with van der Waals surface area (Å²) in [4.78, 5) is 37.3. The number of nitro groups is 1. The van der Waals surface area contributed by atoms with E-state index in [1.807, 2.05) is 18.2 Å². The van der Waals surface area contributed by atoms with Crippen LogP contribution in [0.15, 0.2) is 95.7 Å². The number of rotatable bonds is 13. The van der Waals surface area contributed by atoms with Gasteiger partial charge in [0.2, 0.25) is 0 Å². The van der Waals surface area contributed by atoms with Crippen molar-refractivity contribution in [3.8, 4) is 11.5 Å². The molecule has 9 rings (SSSR count). The summed E-state index contributed by atoms with van der Waals surface area (Å²) in [6, 6.07) is 20.6. The van der Waals surface area contributed by atoms with E-state index in [1.54, 1.807) is 36.0 Å². The highest BCUT2D eigenvalue weighted by Crippen LogP contribution is 2.52. The van der Waals surface area contributed by atoms with Crippen LogP contribution in [0, 0.1) is 21.4 Å². The van der Waals surface area contributed by atoms with Crippen LogP contribution < -0.4 is 19.7 Å². The fourth-order valence-electron chi connectivity index (χ4n) is 9.85. The number of aromatic amines is 1. The highest BCUT2D eigenvalue weighted by Gasteiger charge is 2.38. The summed E-state index contributed by atoms with van der Waals surface area (Å²) in [5.41, 5.74) is 5.94. The third-order valence-electron chi connectivity index (χ3n) is 13.4. The van der Waals surface area contributed by atoms with Crippen molar-refractivity contribution in [1.82, 2.24) is 19.6 Å². The lowest BCUT2D eigenvalue weighted by atomic mass is 9.69. The Morgan fingerprint density at radius 3 is 2.52 bits per heavy atom. The molecular weight excluding hydrogens is 842 g/mol. The zero-order chi connectivity index (χ0) is 43.6. The molecule has 2 aromatic heterocycles. The third kappa shape index (κ3) is 9.71. The van der Waals surface area contributed by atoms with Gasteiger partial charge in [-0.1, -0.05) is 42.1 Å². The summed E-state index contributed by atoms with van der Waals surface area (Å²) in [5, 5.41) is 16.7. The number of carbonyl (C=O) groups excluding carboxylic acids is 1. The average molecular weight is 894 g/mol. The Balaban J connectivity index is 0.930. The molecule has 0 unspecified atom stereocenters. The summed E-state index contributed by atoms with van der Waals surface area (Å²) in [6.07, 6.45) is 13.7. The van der Waals surface area contributed by atoms with Crippen LogP contribution in [-0.2, 0) is 14.8 Å². The van der Waals surface area contributed by atoms with Crippen LogP contribution in [0.3, 0.4) is 0 Å². The molecule has 2 saturated heterocycles. The van der Waals surface area contributed by atoms with Crippen molar-refractivity contribution in [2.45, 2.75) is 62.7 Å². The number of anilines is 2. The molecule has 5 aromatic rings. The lowest BCUT2D eigenvalue weighted by molar-refractivity contribution is -0.384. The molecule has 1 spiro atoms. The Morgan fingerprint density at radius 2 is 1.76 bits per heavy atom. The number of pyridine rings is 1. The second-order valence-electron chi connectivity index (χ2n) is 17.4. The lowest BCUT2D eigenvalue weighted by Crippen LogP contribution is -2.47. The van der Waals surface area contributed by atoms with Crippen LogP contribution in [0.4, 0.5) is 17.1 Å². The smallest absolute Gasteiger partial charge is 0.293 e. The maximum absolute atomic E-state index is 14.0. The van der Waals surface area contributed by atoms with E-state index >= 15 is 0 Å². The number of piperazine rings is 1. The summed E-state index contributed by atoms with van der Waals surface area (Å²) in [5.74, 6) is -0.173. The van der Waals surface area contributed by atoms with Gasteiger partial charge in [-0.3, -0.25) is 19.8 Å². The summed E-state index contributed by atoms with van der Waals surface area (Å²) in [6.45, 7) is 5.82. The Morgan fingerprint density at radius 1 is 0.984 bits per heavy atom. The predicted octanol–water partition coefficient (Wildman–Crippen LogP) is 9.19. The number of aromatic nitrogens is 2. The lowest BCUT2D eigenvalue weighted by Gasteiger charge is -2.41. The third-order valence-corrected chi connectivity index (χ3v) is 14.9. The molecular formula is C47H52ClN7O7S. The van der Waals surface area contributed by atoms with E-state index in [2.05, 4.69) is 41.9 Å². The van der Waals surface area contributed by atoms with E-state index in [4.69, 9.17) is 21.1 Å². The van der Waals surface area contributed by atoms with Gasteiger partial charge < -0.3 is 24.7 Å². The van der Waals surface area contributed by atoms with Crippen molar-refractivity contribution in [3.63, 3.8) is 0 Å². The number of sulfonamides is 1. The molecule has 2 aliphatic carbocycles. The monoisotopic (exact) mass is 893 g/mol. The second-order valence-corrected chi connectivity index (χ2v) is 19.5. The van der Waals surface area contributed by atoms with Crippen molar-refractivity contribution < 1.29 is 27.6 Å². The van der Waals surface area contributed by atoms with Gasteiger partial charge >= 0.3 is 0 Å². The van der Waals surface area contributed by atoms with Crippen molar-refractivity contribution >= 4 is 61.2 Å². The number of hydrogen-bond donors (Lipinski definition) is 3. The molecule has 63 heavy (non-hydrogen) atoms. The SMILES string of the molecule is O=C(NS(=O)(=O)c1ccc(NCC2CCOCC2)c([N+](=O)[O-])c1)c1ccc(N2CCN(CC3=C(c4ccc(Cl)cc4)CCC4(CCCC4)C3)CC2)cc1Oc1cnc2[nH]ccc2c1. The number of H-pyrrole nitrogens is 1. The van der Waals surface area contributed by atoms with Gasteiger partial charge in [0, 0.05) is 86.9 Å². The number of halogens is 1. The van der Waals surface area contributed by atoms with Crippen LogP contribution in [0.25, 0.3) is 16.6 Å². The molecule has 2 aliphatic heterocycles. The number of amides is 1. The minimum Gasteiger partial charge on any atom is -0.455 e. The number of nitrogens with one attached hydrogen (secondary N) is 3. The first kappa shape index (κ1) is 42.8. The number of hydrogen-bond acceptors (Lipinski definition) is 11. The number of allylic oxidation sites excluding steroid dienone is 1. The van der Waals surface area contributed by atoms with Gasteiger partial charge in [-0.25, -0.2) is 18.1 Å². The molecule has 0 atom stereocenters. The van der Waals surface area contributed by atoms with E-state index in [0.29, 0.717) is 36.6 Å². The molecule has 0 bridgehead atoms. The minimum absolute atomic E-state index is 0.0285. The van der Waals surface area contributed by atoms with Gasteiger partial charge in [-0.15, -0.1) is 0 Å². The van der Waals surface area contributed by atoms with Gasteiger partial charge in [0.25, 0.3) is 21.6 Å². The number of nitro benzene ring substituents is 1. The summed E-state index contributed by atoms with van der Waals surface area (Å²) < 4.78 is 41.3. The molecule has 1 saturated carbocycles. The van der Waals surface area contributed by atoms with Crippen LogP contribution in [0.1, 0.15) is 73.7 Å². The largest absolute Gasteiger partial charge is 0.455 e. The molecule has 3 aromatic carbocycles. The molecule has 3 fully saturated rings. The maximum atomic E-state index is 14.0. The highest BCUT2D eigenvalue weighted by molar-refractivity contribution is 7.90. The number of ether oxygens (including phenoxy) is 2. The first-order valence-corrected chi connectivity index (χ1v) is 23.7. The van der Waals surface area contributed by atoms with Crippen molar-refractivity contribution in [3.05, 3.63) is 117 Å². The van der Waals surface area contributed by atoms with Gasteiger partial charge in [-0.05, 0) is 116 Å². The van der Waals surface area contributed by atoms with Gasteiger partial charge in [-0.2, -0.15) is 0 Å². The van der Waals surface area contributed by atoms with Gasteiger partial charge in [0.1, 0.15) is 22.8 Å². The first-order valence-electron chi connectivity index (χ1n) is 21.9. The molecule has 0 radical (unpaired) electrons.